The Bertz CT molecular complexity index is 375. The van der Waals surface area contributed by atoms with Crippen LogP contribution < -0.4 is 5.32 Å². The smallest absolute Gasteiger partial charge is 0.226 e. The molecule has 1 amide bonds. The fourth-order valence-corrected chi connectivity index (χ4v) is 2.07. The highest BCUT2D eigenvalue weighted by Crippen LogP contribution is 2.10. The van der Waals surface area contributed by atoms with Gasteiger partial charge in [0.15, 0.2) is 5.82 Å². The third-order valence-electron chi connectivity index (χ3n) is 3.00. The predicted molar refractivity (Wildman–Crippen MR) is 72.0 cm³/mol. The largest absolute Gasteiger partial charge is 0.360 e. The fourth-order valence-electron chi connectivity index (χ4n) is 2.07. The van der Waals surface area contributed by atoms with Crippen LogP contribution in [0, 0.1) is 6.92 Å². The minimum Gasteiger partial charge on any atom is -0.360 e. The molecule has 1 saturated heterocycles. The topological polar surface area (TPSA) is 58.4 Å². The Balaban J connectivity index is 0.00000162. The van der Waals surface area contributed by atoms with E-state index < -0.39 is 0 Å². The number of aromatic nitrogens is 1. The quantitative estimate of drug-likeness (QED) is 0.914. The molecule has 1 N–H and O–H groups in total. The number of likely N-dealkylation sites (tertiary alicyclic amines) is 1. The van der Waals surface area contributed by atoms with Crippen LogP contribution in [0.5, 0.6) is 0 Å². The average Bonchev–Trinajstić information content (AvgIpc) is 2.73. The standard InChI is InChI=1S/C12H19N3O2.ClH/c1-10-9-11(14-17-10)13-12(16)5-8-15-6-3-2-4-7-15;/h9H,2-8H2,1H3,(H,13,14,16);1H. The Labute approximate surface area is 113 Å². The van der Waals surface area contributed by atoms with Crippen molar-refractivity contribution in [1.82, 2.24) is 10.1 Å². The molecule has 2 rings (SSSR count). The molecule has 1 aromatic rings. The second-order valence-electron chi connectivity index (χ2n) is 4.52. The van der Waals surface area contributed by atoms with Crippen LogP contribution in [0.1, 0.15) is 31.4 Å². The molecule has 2 heterocycles. The van der Waals surface area contributed by atoms with Crippen molar-refractivity contribution in [3.05, 3.63) is 11.8 Å². The molecule has 1 aliphatic rings. The first kappa shape index (κ1) is 15.0. The zero-order chi connectivity index (χ0) is 12.1. The van der Waals surface area contributed by atoms with E-state index in [1.54, 1.807) is 13.0 Å². The molecule has 6 heteroatoms. The van der Waals surface area contributed by atoms with Crippen molar-refractivity contribution in [3.63, 3.8) is 0 Å². The molecule has 0 atom stereocenters. The highest BCUT2D eigenvalue weighted by atomic mass is 35.5. The van der Waals surface area contributed by atoms with Crippen LogP contribution in [0.3, 0.4) is 0 Å². The lowest BCUT2D eigenvalue weighted by molar-refractivity contribution is -0.116. The van der Waals surface area contributed by atoms with E-state index in [0.717, 1.165) is 19.6 Å². The number of hydrogen-bond acceptors (Lipinski definition) is 4. The van der Waals surface area contributed by atoms with Crippen molar-refractivity contribution < 1.29 is 9.32 Å². The molecule has 0 radical (unpaired) electrons. The van der Waals surface area contributed by atoms with E-state index in [1.807, 2.05) is 0 Å². The Morgan fingerprint density at radius 2 is 2.17 bits per heavy atom. The van der Waals surface area contributed by atoms with Gasteiger partial charge in [-0.3, -0.25) is 4.79 Å². The summed E-state index contributed by atoms with van der Waals surface area (Å²) in [6.45, 7) is 4.88. The molecule has 0 unspecified atom stereocenters. The van der Waals surface area contributed by atoms with Gasteiger partial charge < -0.3 is 14.7 Å². The van der Waals surface area contributed by atoms with Gasteiger partial charge in [0.1, 0.15) is 5.76 Å². The highest BCUT2D eigenvalue weighted by Gasteiger charge is 2.12. The van der Waals surface area contributed by atoms with Crippen molar-refractivity contribution in [2.24, 2.45) is 0 Å². The molecule has 0 aliphatic carbocycles. The van der Waals surface area contributed by atoms with Gasteiger partial charge in [0.25, 0.3) is 0 Å². The van der Waals surface area contributed by atoms with E-state index in [-0.39, 0.29) is 18.3 Å². The molecule has 5 nitrogen and oxygen atoms in total. The first-order chi connectivity index (χ1) is 8.24. The number of hydrogen-bond donors (Lipinski definition) is 1. The first-order valence-corrected chi connectivity index (χ1v) is 6.19. The molecule has 0 aromatic carbocycles. The van der Waals surface area contributed by atoms with Crippen LogP contribution in [0.25, 0.3) is 0 Å². The third kappa shape index (κ3) is 4.66. The maximum Gasteiger partial charge on any atom is 0.226 e. The maximum atomic E-state index is 11.6. The van der Waals surface area contributed by atoms with Gasteiger partial charge in [-0.05, 0) is 32.9 Å². The van der Waals surface area contributed by atoms with E-state index in [2.05, 4.69) is 15.4 Å². The summed E-state index contributed by atoms with van der Waals surface area (Å²) >= 11 is 0. The van der Waals surface area contributed by atoms with Crippen molar-refractivity contribution in [2.45, 2.75) is 32.6 Å². The van der Waals surface area contributed by atoms with E-state index in [9.17, 15) is 4.79 Å². The second kappa shape index (κ2) is 7.38. The van der Waals surface area contributed by atoms with Gasteiger partial charge in [0, 0.05) is 19.0 Å². The van der Waals surface area contributed by atoms with Gasteiger partial charge >= 0.3 is 0 Å². The Kier molecular flexibility index (Phi) is 6.15. The summed E-state index contributed by atoms with van der Waals surface area (Å²) in [6.07, 6.45) is 4.35. The van der Waals surface area contributed by atoms with Crippen molar-refractivity contribution >= 4 is 24.1 Å². The number of carbonyl (C=O) groups is 1. The van der Waals surface area contributed by atoms with Gasteiger partial charge in [0.05, 0.1) is 0 Å². The Morgan fingerprint density at radius 3 is 2.78 bits per heavy atom. The van der Waals surface area contributed by atoms with E-state index >= 15 is 0 Å². The van der Waals surface area contributed by atoms with Gasteiger partial charge in [0.2, 0.25) is 5.91 Å². The van der Waals surface area contributed by atoms with E-state index in [4.69, 9.17) is 4.52 Å². The summed E-state index contributed by atoms with van der Waals surface area (Å²) in [5.74, 6) is 1.21. The van der Waals surface area contributed by atoms with Crippen LogP contribution in [-0.4, -0.2) is 35.6 Å². The summed E-state index contributed by atoms with van der Waals surface area (Å²) in [5.41, 5.74) is 0. The molecule has 0 bridgehead atoms. The summed E-state index contributed by atoms with van der Waals surface area (Å²) in [4.78, 5) is 14.0. The van der Waals surface area contributed by atoms with Crippen LogP contribution in [0.4, 0.5) is 5.82 Å². The molecule has 1 aliphatic heterocycles. The molecule has 0 saturated carbocycles. The zero-order valence-electron chi connectivity index (χ0n) is 10.6. The minimum atomic E-state index is 0. The monoisotopic (exact) mass is 273 g/mol. The van der Waals surface area contributed by atoms with Gasteiger partial charge in [-0.25, -0.2) is 0 Å². The number of anilines is 1. The lowest BCUT2D eigenvalue weighted by atomic mass is 10.1. The number of halogens is 1. The predicted octanol–water partition coefficient (Wildman–Crippen LogP) is 2.22. The van der Waals surface area contributed by atoms with Gasteiger partial charge in [-0.2, -0.15) is 0 Å². The summed E-state index contributed by atoms with van der Waals surface area (Å²) in [7, 11) is 0. The van der Waals surface area contributed by atoms with Gasteiger partial charge in [-0.1, -0.05) is 11.6 Å². The Morgan fingerprint density at radius 1 is 1.44 bits per heavy atom. The summed E-state index contributed by atoms with van der Waals surface area (Å²) in [5, 5.41) is 6.46. The summed E-state index contributed by atoms with van der Waals surface area (Å²) in [6, 6.07) is 1.72. The number of nitrogens with one attached hydrogen (secondary N) is 1. The molecular formula is C12H20ClN3O2. The number of aryl methyl sites for hydroxylation is 1. The first-order valence-electron chi connectivity index (χ1n) is 6.19. The van der Waals surface area contributed by atoms with E-state index in [0.29, 0.717) is 18.0 Å². The number of carbonyl (C=O) groups excluding carboxylic acids is 1. The maximum absolute atomic E-state index is 11.6. The minimum absolute atomic E-state index is 0. The molecule has 18 heavy (non-hydrogen) atoms. The fraction of sp³-hybridized carbons (Fsp3) is 0.667. The van der Waals surface area contributed by atoms with Crippen LogP contribution >= 0.6 is 12.4 Å². The van der Waals surface area contributed by atoms with Gasteiger partial charge in [-0.15, -0.1) is 12.4 Å². The number of amides is 1. The van der Waals surface area contributed by atoms with Crippen molar-refractivity contribution in [2.75, 3.05) is 25.0 Å². The number of nitrogens with zero attached hydrogens (tertiary/aromatic N) is 2. The zero-order valence-corrected chi connectivity index (χ0v) is 11.5. The molecule has 1 fully saturated rings. The highest BCUT2D eigenvalue weighted by molar-refractivity contribution is 5.89. The Hall–Kier alpha value is -1.07. The van der Waals surface area contributed by atoms with Crippen molar-refractivity contribution in [1.29, 1.82) is 0 Å². The lowest BCUT2D eigenvalue weighted by Crippen LogP contribution is -2.32. The SMILES string of the molecule is Cc1cc(NC(=O)CCN2CCCCC2)no1.Cl. The third-order valence-corrected chi connectivity index (χ3v) is 3.00. The lowest BCUT2D eigenvalue weighted by Gasteiger charge is -2.25. The van der Waals surface area contributed by atoms with E-state index in [1.165, 1.54) is 19.3 Å². The number of rotatable bonds is 4. The van der Waals surface area contributed by atoms with Crippen LogP contribution in [0.2, 0.25) is 0 Å². The molecule has 1 aromatic heterocycles. The molecular weight excluding hydrogens is 254 g/mol. The molecule has 0 spiro atoms. The normalized spacial score (nSPS) is 16.1. The van der Waals surface area contributed by atoms with Crippen LogP contribution in [-0.2, 0) is 4.79 Å². The summed E-state index contributed by atoms with van der Waals surface area (Å²) < 4.78 is 4.88. The second-order valence-corrected chi connectivity index (χ2v) is 4.52. The number of piperidine rings is 1. The van der Waals surface area contributed by atoms with Crippen LogP contribution in [0.15, 0.2) is 10.6 Å². The van der Waals surface area contributed by atoms with Crippen molar-refractivity contribution in [3.8, 4) is 0 Å². The average molecular weight is 274 g/mol. The molecule has 102 valence electrons.